The predicted octanol–water partition coefficient (Wildman–Crippen LogP) is 7.62. The summed E-state index contributed by atoms with van der Waals surface area (Å²) in [4.78, 5) is 54.8. The molecule has 0 radical (unpaired) electrons. The Balaban J connectivity index is 1.29. The van der Waals surface area contributed by atoms with E-state index in [2.05, 4.69) is 0 Å². The Kier molecular flexibility index (Phi) is 8.18. The van der Waals surface area contributed by atoms with Crippen molar-refractivity contribution >= 4 is 56.0 Å². The maximum absolute atomic E-state index is 13.2. The van der Waals surface area contributed by atoms with Crippen LogP contribution in [0.15, 0.2) is 40.8 Å². The van der Waals surface area contributed by atoms with Crippen molar-refractivity contribution in [2.24, 2.45) is 23.7 Å². The molecule has 2 aromatic carbocycles. The predicted molar refractivity (Wildman–Crippen MR) is 163 cm³/mol. The number of aryl methyl sites for hydroxylation is 1. The standard InChI is InChI=1S/C34H35NO7S/c1-18-4-5-25-17-29(40-28(25)16-18)32-35-30-26(41-33(38)23-10-6-21(7-11-23)19(2)36)14-15-27(31(30)43-32)42-34(39)24-12-8-22(9-13-24)20(3)37/h4-5,14-17,21-24H,6-13H2,1-3H3. The van der Waals surface area contributed by atoms with E-state index in [1.54, 1.807) is 26.0 Å². The van der Waals surface area contributed by atoms with Crippen molar-refractivity contribution in [1.82, 2.24) is 4.98 Å². The molecule has 9 heteroatoms. The van der Waals surface area contributed by atoms with Gasteiger partial charge in [-0.2, -0.15) is 0 Å². The first-order chi connectivity index (χ1) is 20.7. The Morgan fingerprint density at radius 1 is 0.744 bits per heavy atom. The highest BCUT2D eigenvalue weighted by Gasteiger charge is 2.32. The zero-order chi connectivity index (χ0) is 30.2. The minimum atomic E-state index is -0.343. The Hall–Kier alpha value is -3.85. The first kappa shape index (κ1) is 29.2. The number of Topliss-reactive ketones (excluding diaryl/α,β-unsaturated/α-hetero) is 2. The largest absolute Gasteiger partial charge is 0.454 e. The summed E-state index contributed by atoms with van der Waals surface area (Å²) in [5, 5.41) is 1.52. The topological polar surface area (TPSA) is 113 Å². The number of esters is 2. The second kappa shape index (κ2) is 12.0. The first-order valence-corrected chi connectivity index (χ1v) is 15.9. The van der Waals surface area contributed by atoms with Crippen LogP contribution in [0.1, 0.15) is 70.8 Å². The van der Waals surface area contributed by atoms with Crippen LogP contribution in [0.4, 0.5) is 0 Å². The highest BCUT2D eigenvalue weighted by molar-refractivity contribution is 7.22. The number of rotatable bonds is 7. The quantitative estimate of drug-likeness (QED) is 0.157. The van der Waals surface area contributed by atoms with Gasteiger partial charge in [-0.25, -0.2) is 4.98 Å². The molecule has 4 aromatic rings. The van der Waals surface area contributed by atoms with Gasteiger partial charge >= 0.3 is 11.9 Å². The molecule has 2 saturated carbocycles. The van der Waals surface area contributed by atoms with E-state index in [0.29, 0.717) is 83.9 Å². The molecule has 2 fully saturated rings. The van der Waals surface area contributed by atoms with Gasteiger partial charge in [0.15, 0.2) is 22.3 Å². The van der Waals surface area contributed by atoms with Gasteiger partial charge in [-0.3, -0.25) is 19.2 Å². The number of carbonyl (C=O) groups excluding carboxylic acids is 4. The molecule has 6 rings (SSSR count). The summed E-state index contributed by atoms with van der Waals surface area (Å²) in [6.07, 6.45) is 5.16. The fourth-order valence-electron chi connectivity index (χ4n) is 6.33. The van der Waals surface area contributed by atoms with Gasteiger partial charge in [0, 0.05) is 17.2 Å². The molecule has 2 aliphatic rings. The summed E-state index contributed by atoms with van der Waals surface area (Å²) in [7, 11) is 0. The van der Waals surface area contributed by atoms with E-state index in [1.807, 2.05) is 31.2 Å². The fourth-order valence-corrected chi connectivity index (χ4v) is 7.31. The average molecular weight is 602 g/mol. The minimum absolute atomic E-state index is 0.0101. The fraction of sp³-hybridized carbons (Fsp3) is 0.441. The number of hydrogen-bond donors (Lipinski definition) is 0. The molecule has 0 aliphatic heterocycles. The number of thiazole rings is 1. The number of ketones is 2. The van der Waals surface area contributed by atoms with Crippen LogP contribution in [0, 0.1) is 30.6 Å². The molecule has 0 spiro atoms. The van der Waals surface area contributed by atoms with Crippen LogP contribution in [0.5, 0.6) is 11.5 Å². The second-order valence-corrected chi connectivity index (χ2v) is 13.1. The molecule has 2 aromatic heterocycles. The lowest BCUT2D eigenvalue weighted by Gasteiger charge is -2.25. The molecular formula is C34H35NO7S. The summed E-state index contributed by atoms with van der Waals surface area (Å²) in [5.74, 6) is 0.343. The van der Waals surface area contributed by atoms with Crippen molar-refractivity contribution in [3.8, 4) is 22.3 Å². The molecule has 2 aliphatic carbocycles. The number of fused-ring (bicyclic) bond motifs is 2. The van der Waals surface area contributed by atoms with Crippen molar-refractivity contribution in [1.29, 1.82) is 0 Å². The van der Waals surface area contributed by atoms with E-state index in [1.165, 1.54) is 11.3 Å². The molecule has 8 nitrogen and oxygen atoms in total. The van der Waals surface area contributed by atoms with Gasteiger partial charge < -0.3 is 13.9 Å². The van der Waals surface area contributed by atoms with Crippen molar-refractivity contribution in [3.05, 3.63) is 42.0 Å². The van der Waals surface area contributed by atoms with E-state index >= 15 is 0 Å². The van der Waals surface area contributed by atoms with Gasteiger partial charge in [0.05, 0.1) is 11.8 Å². The lowest BCUT2D eigenvalue weighted by molar-refractivity contribution is -0.141. The SMILES string of the molecule is CC(=O)C1CCC(C(=O)Oc2ccc(OC(=O)C3CCC(C(C)=O)CC3)c3sc(-c4cc5ccc(C)cc5o4)nc23)CC1. The zero-order valence-electron chi connectivity index (χ0n) is 24.6. The monoisotopic (exact) mass is 601 g/mol. The van der Waals surface area contributed by atoms with Gasteiger partial charge in [-0.1, -0.05) is 12.1 Å². The molecule has 224 valence electrons. The molecule has 2 heterocycles. The number of aromatic nitrogens is 1. The summed E-state index contributed by atoms with van der Waals surface area (Å²) >= 11 is 1.31. The van der Waals surface area contributed by atoms with Crippen LogP contribution in [-0.2, 0) is 19.2 Å². The number of carbonyl (C=O) groups is 4. The maximum atomic E-state index is 13.2. The zero-order valence-corrected chi connectivity index (χ0v) is 25.5. The van der Waals surface area contributed by atoms with Gasteiger partial charge in [-0.15, -0.1) is 11.3 Å². The molecule has 0 saturated heterocycles. The second-order valence-electron chi connectivity index (χ2n) is 12.1. The van der Waals surface area contributed by atoms with Crippen molar-refractivity contribution < 1.29 is 33.1 Å². The molecule has 0 unspecified atom stereocenters. The third-order valence-electron chi connectivity index (χ3n) is 9.05. The summed E-state index contributed by atoms with van der Waals surface area (Å²) in [5.41, 5.74) is 2.25. The Morgan fingerprint density at radius 2 is 1.28 bits per heavy atom. The first-order valence-electron chi connectivity index (χ1n) is 15.0. The van der Waals surface area contributed by atoms with E-state index < -0.39 is 0 Å². The third-order valence-corrected chi connectivity index (χ3v) is 10.1. The summed E-state index contributed by atoms with van der Waals surface area (Å²) < 4.78 is 18.6. The van der Waals surface area contributed by atoms with Gasteiger partial charge in [-0.05, 0) is 102 Å². The van der Waals surface area contributed by atoms with Gasteiger partial charge in [0.2, 0.25) is 0 Å². The van der Waals surface area contributed by atoms with Crippen molar-refractivity contribution in [2.75, 3.05) is 0 Å². The Bertz CT molecular complexity index is 1630. The molecular weight excluding hydrogens is 566 g/mol. The molecule has 43 heavy (non-hydrogen) atoms. The van der Waals surface area contributed by atoms with Crippen LogP contribution >= 0.6 is 11.3 Å². The van der Waals surface area contributed by atoms with Crippen LogP contribution in [-0.4, -0.2) is 28.5 Å². The van der Waals surface area contributed by atoms with Crippen molar-refractivity contribution in [3.63, 3.8) is 0 Å². The van der Waals surface area contributed by atoms with Crippen LogP contribution in [0.25, 0.3) is 32.0 Å². The highest BCUT2D eigenvalue weighted by atomic mass is 32.1. The van der Waals surface area contributed by atoms with E-state index in [-0.39, 0.29) is 47.2 Å². The number of furan rings is 1. The number of ether oxygens (including phenoxy) is 2. The smallest absolute Gasteiger partial charge is 0.314 e. The number of hydrogen-bond acceptors (Lipinski definition) is 9. The molecule has 0 amide bonds. The maximum Gasteiger partial charge on any atom is 0.314 e. The lowest BCUT2D eigenvalue weighted by atomic mass is 9.80. The van der Waals surface area contributed by atoms with E-state index in [4.69, 9.17) is 18.9 Å². The van der Waals surface area contributed by atoms with Gasteiger partial charge in [0.1, 0.15) is 27.4 Å². The van der Waals surface area contributed by atoms with Crippen LogP contribution in [0.2, 0.25) is 0 Å². The number of benzene rings is 2. The highest BCUT2D eigenvalue weighted by Crippen LogP contribution is 2.43. The van der Waals surface area contributed by atoms with Crippen LogP contribution in [0.3, 0.4) is 0 Å². The minimum Gasteiger partial charge on any atom is -0.454 e. The number of nitrogens with zero attached hydrogens (tertiary/aromatic N) is 1. The molecule has 0 atom stereocenters. The van der Waals surface area contributed by atoms with E-state index in [9.17, 15) is 19.2 Å². The van der Waals surface area contributed by atoms with Gasteiger partial charge in [0.25, 0.3) is 0 Å². The average Bonchev–Trinajstić information content (AvgIpc) is 3.63. The summed E-state index contributed by atoms with van der Waals surface area (Å²) in [6.45, 7) is 5.21. The third kappa shape index (κ3) is 6.13. The van der Waals surface area contributed by atoms with Crippen molar-refractivity contribution in [2.45, 2.75) is 72.1 Å². The Morgan fingerprint density at radius 3 is 1.86 bits per heavy atom. The summed E-state index contributed by atoms with van der Waals surface area (Å²) in [6, 6.07) is 11.2. The molecule has 0 N–H and O–H groups in total. The van der Waals surface area contributed by atoms with E-state index in [0.717, 1.165) is 16.5 Å². The normalized spacial score (nSPS) is 22.4. The molecule has 0 bridgehead atoms. The van der Waals surface area contributed by atoms with Crippen LogP contribution < -0.4 is 9.47 Å². The lowest BCUT2D eigenvalue weighted by Crippen LogP contribution is -2.28. The Labute approximate surface area is 253 Å².